The molecule has 4 nitrogen and oxygen atoms in total. The highest BCUT2D eigenvalue weighted by Gasteiger charge is 2.19. The first-order chi connectivity index (χ1) is 7.70. The third kappa shape index (κ3) is 2.23. The second-order valence-electron chi connectivity index (χ2n) is 4.31. The number of nitrogens with zero attached hydrogens (tertiary/aromatic N) is 3. The Morgan fingerprint density at radius 1 is 1.56 bits per heavy atom. The molecule has 1 atom stereocenters. The molecule has 0 aliphatic carbocycles. The van der Waals surface area contributed by atoms with Gasteiger partial charge in [0.15, 0.2) is 11.6 Å². The fraction of sp³-hybridized carbons (Fsp3) is 0.636. The molecule has 2 rings (SSSR count). The third-order valence-corrected chi connectivity index (χ3v) is 2.91. The SMILES string of the molecule is CNc1nc(N2CCCC(C)C2)ncc1F. The molecule has 1 N–H and O–H groups in total. The van der Waals surface area contributed by atoms with Crippen LogP contribution >= 0.6 is 0 Å². The number of rotatable bonds is 2. The van der Waals surface area contributed by atoms with E-state index in [4.69, 9.17) is 0 Å². The Labute approximate surface area is 94.9 Å². The second kappa shape index (κ2) is 4.63. The van der Waals surface area contributed by atoms with Crippen LogP contribution in [-0.2, 0) is 0 Å². The van der Waals surface area contributed by atoms with Crippen LogP contribution < -0.4 is 10.2 Å². The van der Waals surface area contributed by atoms with Crippen molar-refractivity contribution in [2.75, 3.05) is 30.4 Å². The summed E-state index contributed by atoms with van der Waals surface area (Å²) < 4.78 is 13.2. The van der Waals surface area contributed by atoms with Crippen molar-refractivity contribution < 1.29 is 4.39 Å². The highest BCUT2D eigenvalue weighted by molar-refractivity contribution is 5.42. The lowest BCUT2D eigenvalue weighted by Crippen LogP contribution is -2.35. The van der Waals surface area contributed by atoms with Crippen molar-refractivity contribution in [1.82, 2.24) is 9.97 Å². The molecular formula is C11H17FN4. The monoisotopic (exact) mass is 224 g/mol. The van der Waals surface area contributed by atoms with E-state index in [1.165, 1.54) is 12.6 Å². The van der Waals surface area contributed by atoms with Gasteiger partial charge in [-0.1, -0.05) is 6.92 Å². The Hall–Kier alpha value is -1.39. The maximum absolute atomic E-state index is 13.2. The number of piperidine rings is 1. The first-order valence-electron chi connectivity index (χ1n) is 5.66. The molecule has 1 aromatic rings. The summed E-state index contributed by atoms with van der Waals surface area (Å²) in [4.78, 5) is 10.3. The van der Waals surface area contributed by atoms with E-state index in [1.807, 2.05) is 0 Å². The first-order valence-corrected chi connectivity index (χ1v) is 5.66. The first kappa shape index (κ1) is 11.1. The molecule has 1 aromatic heterocycles. The van der Waals surface area contributed by atoms with Crippen LogP contribution in [0.1, 0.15) is 19.8 Å². The summed E-state index contributed by atoms with van der Waals surface area (Å²) in [6.45, 7) is 4.13. The molecule has 0 radical (unpaired) electrons. The molecule has 88 valence electrons. The van der Waals surface area contributed by atoms with Gasteiger partial charge >= 0.3 is 0 Å². The molecule has 1 aliphatic rings. The van der Waals surface area contributed by atoms with Gasteiger partial charge in [-0.15, -0.1) is 0 Å². The summed E-state index contributed by atoms with van der Waals surface area (Å²) in [5.74, 6) is 1.14. The minimum absolute atomic E-state index is 0.267. The van der Waals surface area contributed by atoms with E-state index in [1.54, 1.807) is 7.05 Å². The number of aromatic nitrogens is 2. The van der Waals surface area contributed by atoms with Gasteiger partial charge in [0.1, 0.15) is 0 Å². The van der Waals surface area contributed by atoms with Gasteiger partial charge in [0.05, 0.1) is 6.20 Å². The molecule has 0 saturated carbocycles. The molecule has 5 heteroatoms. The summed E-state index contributed by atoms with van der Waals surface area (Å²) in [7, 11) is 1.66. The van der Waals surface area contributed by atoms with Gasteiger partial charge in [0, 0.05) is 20.1 Å². The van der Waals surface area contributed by atoms with Crippen LogP contribution in [0.3, 0.4) is 0 Å². The fourth-order valence-corrected chi connectivity index (χ4v) is 2.06. The quantitative estimate of drug-likeness (QED) is 0.833. The molecule has 0 spiro atoms. The molecule has 0 bridgehead atoms. The summed E-state index contributed by atoms with van der Waals surface area (Å²) in [6, 6.07) is 0. The zero-order chi connectivity index (χ0) is 11.5. The van der Waals surface area contributed by atoms with Crippen LogP contribution in [0.5, 0.6) is 0 Å². The molecule has 1 fully saturated rings. The van der Waals surface area contributed by atoms with Gasteiger partial charge in [-0.25, -0.2) is 9.37 Å². The van der Waals surface area contributed by atoms with Crippen LogP contribution in [-0.4, -0.2) is 30.1 Å². The zero-order valence-corrected chi connectivity index (χ0v) is 9.70. The van der Waals surface area contributed by atoms with Gasteiger partial charge < -0.3 is 10.2 Å². The van der Waals surface area contributed by atoms with E-state index in [0.29, 0.717) is 11.9 Å². The van der Waals surface area contributed by atoms with Gasteiger partial charge in [0.25, 0.3) is 0 Å². The number of anilines is 2. The number of halogens is 1. The van der Waals surface area contributed by atoms with E-state index < -0.39 is 5.82 Å². The van der Waals surface area contributed by atoms with Crippen molar-refractivity contribution >= 4 is 11.8 Å². The van der Waals surface area contributed by atoms with Crippen molar-refractivity contribution in [2.45, 2.75) is 19.8 Å². The second-order valence-corrected chi connectivity index (χ2v) is 4.31. The summed E-state index contributed by atoms with van der Waals surface area (Å²) in [6.07, 6.45) is 3.63. The predicted molar refractivity (Wildman–Crippen MR) is 62.1 cm³/mol. The van der Waals surface area contributed by atoms with Crippen LogP contribution in [0.4, 0.5) is 16.2 Å². The Kier molecular flexibility index (Phi) is 3.22. The van der Waals surface area contributed by atoms with Crippen molar-refractivity contribution in [3.8, 4) is 0 Å². The largest absolute Gasteiger partial charge is 0.371 e. The van der Waals surface area contributed by atoms with Gasteiger partial charge in [0.2, 0.25) is 5.95 Å². The van der Waals surface area contributed by atoms with E-state index in [0.717, 1.165) is 19.5 Å². The van der Waals surface area contributed by atoms with Crippen molar-refractivity contribution in [1.29, 1.82) is 0 Å². The number of nitrogens with one attached hydrogen (secondary N) is 1. The van der Waals surface area contributed by atoms with E-state index in [9.17, 15) is 4.39 Å². The lowest BCUT2D eigenvalue weighted by atomic mass is 10.0. The standard InChI is InChI=1S/C11H17FN4/c1-8-4-3-5-16(7-8)11-14-6-9(12)10(13-2)15-11/h6,8H,3-5,7H2,1-2H3,(H,13,14,15). The third-order valence-electron chi connectivity index (χ3n) is 2.91. The van der Waals surface area contributed by atoms with Crippen LogP contribution in [0.15, 0.2) is 6.20 Å². The van der Waals surface area contributed by atoms with Crippen LogP contribution in [0.25, 0.3) is 0 Å². The fourth-order valence-electron chi connectivity index (χ4n) is 2.06. The van der Waals surface area contributed by atoms with Crippen molar-refractivity contribution in [2.24, 2.45) is 5.92 Å². The van der Waals surface area contributed by atoms with Crippen LogP contribution in [0, 0.1) is 11.7 Å². The van der Waals surface area contributed by atoms with E-state index in [2.05, 4.69) is 27.1 Å². The molecule has 1 aliphatic heterocycles. The Morgan fingerprint density at radius 3 is 3.06 bits per heavy atom. The molecule has 2 heterocycles. The average Bonchev–Trinajstić information content (AvgIpc) is 2.29. The lowest BCUT2D eigenvalue weighted by Gasteiger charge is -2.30. The predicted octanol–water partition coefficient (Wildman–Crippen LogP) is 1.89. The average molecular weight is 224 g/mol. The highest BCUT2D eigenvalue weighted by atomic mass is 19.1. The molecule has 0 aromatic carbocycles. The molecular weight excluding hydrogens is 207 g/mol. The molecule has 1 unspecified atom stereocenters. The number of hydrogen-bond donors (Lipinski definition) is 1. The number of hydrogen-bond acceptors (Lipinski definition) is 4. The van der Waals surface area contributed by atoms with Crippen LogP contribution in [0.2, 0.25) is 0 Å². The Balaban J connectivity index is 2.19. The van der Waals surface area contributed by atoms with Gasteiger partial charge in [-0.05, 0) is 18.8 Å². The topological polar surface area (TPSA) is 41.1 Å². The molecule has 1 saturated heterocycles. The molecule has 0 amide bonds. The Bertz CT molecular complexity index is 369. The van der Waals surface area contributed by atoms with Gasteiger partial charge in [-0.2, -0.15) is 4.98 Å². The van der Waals surface area contributed by atoms with Gasteiger partial charge in [-0.3, -0.25) is 0 Å². The zero-order valence-electron chi connectivity index (χ0n) is 9.70. The minimum atomic E-state index is -0.406. The Morgan fingerprint density at radius 2 is 2.38 bits per heavy atom. The summed E-state index contributed by atoms with van der Waals surface area (Å²) in [5, 5.41) is 2.73. The van der Waals surface area contributed by atoms with Crippen molar-refractivity contribution in [3.63, 3.8) is 0 Å². The maximum atomic E-state index is 13.2. The maximum Gasteiger partial charge on any atom is 0.227 e. The van der Waals surface area contributed by atoms with Crippen molar-refractivity contribution in [3.05, 3.63) is 12.0 Å². The summed E-state index contributed by atoms with van der Waals surface area (Å²) in [5.41, 5.74) is 0. The summed E-state index contributed by atoms with van der Waals surface area (Å²) >= 11 is 0. The van der Waals surface area contributed by atoms with E-state index >= 15 is 0 Å². The van der Waals surface area contributed by atoms with E-state index in [-0.39, 0.29) is 5.82 Å². The molecule has 16 heavy (non-hydrogen) atoms. The normalized spacial score (nSPS) is 20.9. The minimum Gasteiger partial charge on any atom is -0.371 e. The lowest BCUT2D eigenvalue weighted by molar-refractivity contribution is 0.441. The highest BCUT2D eigenvalue weighted by Crippen LogP contribution is 2.21. The smallest absolute Gasteiger partial charge is 0.227 e.